The van der Waals surface area contributed by atoms with Crippen LogP contribution in [0.25, 0.3) is 40.3 Å². The van der Waals surface area contributed by atoms with Gasteiger partial charge in [0, 0.05) is 60.0 Å². The van der Waals surface area contributed by atoms with Gasteiger partial charge < -0.3 is 82.2 Å². The van der Waals surface area contributed by atoms with Crippen molar-refractivity contribution >= 4 is 63.0 Å². The lowest BCUT2D eigenvalue weighted by atomic mass is 10.1. The molecule has 0 amide bonds. The van der Waals surface area contributed by atoms with Crippen molar-refractivity contribution in [1.29, 1.82) is 0 Å². The highest BCUT2D eigenvalue weighted by atomic mass is 32.1. The zero-order valence-electron chi connectivity index (χ0n) is 47.1. The first-order valence-corrected chi connectivity index (χ1v) is 29.1. The summed E-state index contributed by atoms with van der Waals surface area (Å²) in [4.78, 5) is 29.7. The fraction of sp³-hybridized carbons (Fsp3) is 0.559. The quantitative estimate of drug-likeness (QED) is 0.0232. The number of hydrogen-bond acceptors (Lipinski definition) is 22. The Labute approximate surface area is 481 Å². The first-order chi connectivity index (χ1) is 39.4. The average molecular weight is 1170 g/mol. The van der Waals surface area contributed by atoms with E-state index in [9.17, 15) is 30.0 Å². The van der Waals surface area contributed by atoms with Gasteiger partial charge in [-0.1, -0.05) is 24.3 Å². The monoisotopic (exact) mass is 1170 g/mol. The molecule has 448 valence electrons. The third-order valence-electron chi connectivity index (χ3n) is 12.5. The van der Waals surface area contributed by atoms with E-state index in [1.807, 2.05) is 79.4 Å². The van der Waals surface area contributed by atoms with Crippen LogP contribution < -0.4 is 20.3 Å². The minimum absolute atomic E-state index is 0.00765. The zero-order valence-corrected chi connectivity index (χ0v) is 48.8. The van der Waals surface area contributed by atoms with Gasteiger partial charge in [-0.2, -0.15) is 0 Å². The van der Waals surface area contributed by atoms with E-state index in [0.717, 1.165) is 29.9 Å². The molecule has 0 saturated heterocycles. The van der Waals surface area contributed by atoms with Crippen LogP contribution in [0.3, 0.4) is 0 Å². The lowest BCUT2D eigenvalue weighted by Crippen LogP contribution is -2.42. The molecule has 0 bridgehead atoms. The molecule has 2 heterocycles. The summed E-state index contributed by atoms with van der Waals surface area (Å²) in [6.45, 7) is 12.2. The number of likely N-dealkylation sites (N-methyl/N-ethyl adjacent to an activating group) is 2. The Kier molecular flexibility index (Phi) is 30.1. The second-order valence-electron chi connectivity index (χ2n) is 19.4. The topological polar surface area (TPSA) is 232 Å². The predicted molar refractivity (Wildman–Crippen MR) is 314 cm³/mol. The van der Waals surface area contributed by atoms with Crippen LogP contribution in [0.4, 0.5) is 0 Å². The summed E-state index contributed by atoms with van der Waals surface area (Å²) in [5, 5.41) is 44.7. The number of ether oxygens (including phenoxy) is 12. The molecule has 4 atom stereocenters. The number of hydrogen-bond donors (Lipinski definition) is 4. The van der Waals surface area contributed by atoms with E-state index in [2.05, 4.69) is 0 Å². The fourth-order valence-corrected chi connectivity index (χ4v) is 10.7. The number of aryl methyl sites for hydroxylation is 2. The molecular weight excluding hydrogens is 1090 g/mol. The highest BCUT2D eigenvalue weighted by molar-refractivity contribution is 7.25. The molecule has 6 aromatic rings. The van der Waals surface area contributed by atoms with Gasteiger partial charge in [-0.05, 0) is 87.6 Å². The van der Waals surface area contributed by atoms with Gasteiger partial charge in [0.2, 0.25) is 0 Å². The van der Waals surface area contributed by atoms with Crippen molar-refractivity contribution in [3.63, 3.8) is 0 Å². The second-order valence-corrected chi connectivity index (χ2v) is 21.5. The van der Waals surface area contributed by atoms with Gasteiger partial charge in [0.1, 0.15) is 43.1 Å². The molecule has 0 aliphatic rings. The van der Waals surface area contributed by atoms with E-state index in [1.54, 1.807) is 53.8 Å². The molecule has 4 N–H and O–H groups in total. The molecule has 0 aliphatic heterocycles. The molecule has 6 rings (SSSR count). The Morgan fingerprint density at radius 2 is 0.728 bits per heavy atom. The maximum atomic E-state index is 13.1. The summed E-state index contributed by atoms with van der Waals surface area (Å²) in [6, 6.07) is 22.3. The van der Waals surface area contributed by atoms with Gasteiger partial charge in [-0.3, -0.25) is 14.5 Å². The molecule has 4 unspecified atom stereocenters. The van der Waals surface area contributed by atoms with Gasteiger partial charge in [-0.25, -0.2) is 0 Å². The van der Waals surface area contributed by atoms with E-state index >= 15 is 0 Å². The van der Waals surface area contributed by atoms with E-state index in [0.29, 0.717) is 152 Å². The summed E-state index contributed by atoms with van der Waals surface area (Å²) in [7, 11) is 3.49. The van der Waals surface area contributed by atoms with Crippen molar-refractivity contribution in [2.24, 2.45) is 0 Å². The smallest absolute Gasteiger partial charge is 0.196 e. The highest BCUT2D eigenvalue weighted by Gasteiger charge is 2.19. The van der Waals surface area contributed by atoms with Gasteiger partial charge in [0.25, 0.3) is 0 Å². The molecule has 0 radical (unpaired) electrons. The molecule has 4 aromatic carbocycles. The van der Waals surface area contributed by atoms with Gasteiger partial charge in [0.05, 0.1) is 138 Å². The highest BCUT2D eigenvalue weighted by Crippen LogP contribution is 2.32. The van der Waals surface area contributed by atoms with Crippen molar-refractivity contribution in [1.82, 2.24) is 9.80 Å². The summed E-state index contributed by atoms with van der Waals surface area (Å²) >= 11 is 3.15. The summed E-state index contributed by atoms with van der Waals surface area (Å²) in [6.07, 6.45) is -3.37. The summed E-state index contributed by atoms with van der Waals surface area (Å²) in [5.41, 5.74) is 1.80. The number of rotatable bonds is 44. The third-order valence-corrected chi connectivity index (χ3v) is 15.2. The first-order valence-electron chi connectivity index (χ1n) is 27.4. The second kappa shape index (κ2) is 37.0. The predicted octanol–water partition coefficient (Wildman–Crippen LogP) is 4.65. The van der Waals surface area contributed by atoms with Crippen LogP contribution in [0, 0.1) is 13.8 Å². The first kappa shape index (κ1) is 65.8. The normalized spacial score (nSPS) is 13.6. The van der Waals surface area contributed by atoms with Crippen LogP contribution >= 0.6 is 22.7 Å². The van der Waals surface area contributed by atoms with Crippen molar-refractivity contribution in [2.75, 3.05) is 179 Å². The van der Waals surface area contributed by atoms with E-state index in [1.165, 1.54) is 0 Å². The van der Waals surface area contributed by atoms with Gasteiger partial charge in [0.15, 0.2) is 10.9 Å². The van der Waals surface area contributed by atoms with Crippen molar-refractivity contribution < 1.29 is 77.3 Å². The summed E-state index contributed by atoms with van der Waals surface area (Å²) < 4.78 is 70.9. The van der Waals surface area contributed by atoms with Crippen LogP contribution in [-0.4, -0.2) is 234 Å². The number of benzene rings is 4. The molecule has 0 aliphatic carbocycles. The maximum absolute atomic E-state index is 13.1. The van der Waals surface area contributed by atoms with E-state index in [-0.39, 0.29) is 57.0 Å². The minimum atomic E-state index is -0.932. The maximum Gasteiger partial charge on any atom is 0.196 e. The molecule has 22 heteroatoms. The van der Waals surface area contributed by atoms with Crippen LogP contribution in [-0.2, 0) is 47.4 Å². The Balaban J connectivity index is 0.625. The number of nitrogens with zero attached hydrogens (tertiary/aromatic N) is 2. The lowest BCUT2D eigenvalue weighted by Gasteiger charge is -2.25. The lowest BCUT2D eigenvalue weighted by molar-refractivity contribution is -0.0734. The number of aliphatic hydroxyl groups is 4. The SMILES string of the molecule is Cc1cc(OCC(O)CN(C)CC(O)COCCOCCOCCOCCOCCOCCOCCOCCOCCOCC(O)N(C)CC(O)COc2cc(C)c3sc4ccccc4c(=O)c3c2)cc2c(=O)c3ccccc3sc12. The van der Waals surface area contributed by atoms with Gasteiger partial charge >= 0.3 is 0 Å². The van der Waals surface area contributed by atoms with Gasteiger partial charge in [-0.15, -0.1) is 22.7 Å². The van der Waals surface area contributed by atoms with Crippen LogP contribution in [0.2, 0.25) is 0 Å². The molecule has 0 saturated carbocycles. The van der Waals surface area contributed by atoms with E-state index in [4.69, 9.17) is 56.8 Å². The Hall–Kier alpha value is -4.38. The number of aliphatic hydroxyl groups excluding tert-OH is 4. The molecular formula is C59H82N2O18S2. The van der Waals surface area contributed by atoms with Crippen molar-refractivity contribution in [3.05, 3.63) is 104 Å². The van der Waals surface area contributed by atoms with Crippen molar-refractivity contribution in [3.8, 4) is 11.5 Å². The van der Waals surface area contributed by atoms with Crippen molar-refractivity contribution in [2.45, 2.75) is 38.4 Å². The van der Waals surface area contributed by atoms with Crippen LogP contribution in [0.1, 0.15) is 11.1 Å². The van der Waals surface area contributed by atoms with E-state index < -0.39 is 24.5 Å². The standard InChI is InChI=1S/C59H82N2O18S2/c1-42-31-47(33-51-56(66)49-9-5-7-11-53(49)80-58(42)51)78-39-45(63)36-60(3)35-44(62)38-76-29-27-74-25-23-72-21-19-70-17-15-68-13-14-69-16-18-71-20-22-73-24-26-75-28-30-77-41-55(65)61(4)37-46(64)40-79-48-32-43(2)59-52(34-48)57(67)50-10-6-8-12-54(50)81-59/h5-12,31-34,44-46,55,62-65H,13-30,35-41H2,1-4H3. The van der Waals surface area contributed by atoms with Crippen LogP contribution in [0.15, 0.2) is 82.4 Å². The molecule has 81 heavy (non-hydrogen) atoms. The van der Waals surface area contributed by atoms with Crippen LogP contribution in [0.5, 0.6) is 11.5 Å². The summed E-state index contributed by atoms with van der Waals surface area (Å²) in [5.74, 6) is 1.04. The number of fused-ring (bicyclic) bond motifs is 4. The largest absolute Gasteiger partial charge is 0.491 e. The fourth-order valence-electron chi connectivity index (χ4n) is 8.46. The molecule has 2 aromatic heterocycles. The Bertz CT molecular complexity index is 2880. The average Bonchev–Trinajstić information content (AvgIpc) is 3.53. The molecule has 0 spiro atoms. The molecule has 20 nitrogen and oxygen atoms in total. The Morgan fingerprint density at radius 1 is 0.407 bits per heavy atom. The Morgan fingerprint density at radius 3 is 1.11 bits per heavy atom. The minimum Gasteiger partial charge on any atom is -0.491 e. The third kappa shape index (κ3) is 23.3. The zero-order chi connectivity index (χ0) is 57.6. The molecule has 0 fully saturated rings.